The van der Waals surface area contributed by atoms with Gasteiger partial charge >= 0.3 is 5.97 Å². The largest absolute Gasteiger partial charge is 0.497 e. The first-order valence-corrected chi connectivity index (χ1v) is 14.9. The van der Waals surface area contributed by atoms with Crippen molar-refractivity contribution >= 4 is 31.7 Å². The summed E-state index contributed by atoms with van der Waals surface area (Å²) in [5, 5.41) is 9.69. The highest BCUT2D eigenvalue weighted by atomic mass is 32.2. The maximum atomic E-state index is 12.8. The van der Waals surface area contributed by atoms with Gasteiger partial charge in [0.1, 0.15) is 23.0 Å². The van der Waals surface area contributed by atoms with Crippen LogP contribution in [0.4, 0.5) is 5.69 Å². The van der Waals surface area contributed by atoms with Gasteiger partial charge in [0.2, 0.25) is 10.0 Å². The van der Waals surface area contributed by atoms with Gasteiger partial charge in [-0.25, -0.2) is 26.4 Å². The van der Waals surface area contributed by atoms with Crippen molar-refractivity contribution in [2.24, 2.45) is 0 Å². The number of carboxylic acid groups (broad SMARTS) is 1. The molecule has 13 heteroatoms. The number of benzene rings is 4. The van der Waals surface area contributed by atoms with Crippen LogP contribution in [0.5, 0.6) is 23.0 Å². The number of anilines is 1. The van der Waals surface area contributed by atoms with Crippen LogP contribution in [0.3, 0.4) is 0 Å². The number of aromatic carboxylic acids is 1. The fourth-order valence-corrected chi connectivity index (χ4v) is 5.74. The standard InChI is InChI=1S/C28H26N2O9S2/c1-37-20-7-12-24(13-8-20)40(33,34)29-18-19-3-5-22(6-4-19)39-23-11-16-27(26(17-23)28(31)32)30-41(35,36)25-14-9-21(38-2)10-15-25/h3-17,29-30H,18H2,1-2H3,(H,31,32). The molecule has 0 atom stereocenters. The Balaban J connectivity index is 1.43. The van der Waals surface area contributed by atoms with Gasteiger partial charge in [0.25, 0.3) is 10.0 Å². The predicted molar refractivity (Wildman–Crippen MR) is 151 cm³/mol. The third-order valence-electron chi connectivity index (χ3n) is 5.83. The molecule has 0 heterocycles. The van der Waals surface area contributed by atoms with E-state index in [1.165, 1.54) is 68.8 Å². The summed E-state index contributed by atoms with van der Waals surface area (Å²) in [7, 11) is -4.87. The number of sulfonamides is 2. The van der Waals surface area contributed by atoms with E-state index in [-0.39, 0.29) is 33.3 Å². The van der Waals surface area contributed by atoms with E-state index in [4.69, 9.17) is 14.2 Å². The van der Waals surface area contributed by atoms with Gasteiger partial charge in [-0.05, 0) is 84.4 Å². The highest BCUT2D eigenvalue weighted by Crippen LogP contribution is 2.29. The van der Waals surface area contributed by atoms with Crippen molar-refractivity contribution < 1.29 is 40.9 Å². The van der Waals surface area contributed by atoms with Crippen molar-refractivity contribution in [2.45, 2.75) is 16.3 Å². The second kappa shape index (κ2) is 12.3. The molecule has 0 aromatic heterocycles. The fraction of sp³-hybridized carbons (Fsp3) is 0.107. The molecule has 0 aliphatic heterocycles. The fourth-order valence-electron chi connectivity index (χ4n) is 3.64. The molecule has 0 amide bonds. The number of ether oxygens (including phenoxy) is 3. The summed E-state index contributed by atoms with van der Waals surface area (Å²) in [6, 6.07) is 22.0. The zero-order valence-electron chi connectivity index (χ0n) is 21.9. The van der Waals surface area contributed by atoms with E-state index in [0.717, 1.165) is 0 Å². The summed E-state index contributed by atoms with van der Waals surface area (Å²) in [5.41, 5.74) is 0.202. The summed E-state index contributed by atoms with van der Waals surface area (Å²) < 4.78 is 71.3. The van der Waals surface area contributed by atoms with Crippen LogP contribution >= 0.6 is 0 Å². The average Bonchev–Trinajstić information content (AvgIpc) is 2.97. The van der Waals surface area contributed by atoms with Crippen LogP contribution in [0.1, 0.15) is 15.9 Å². The SMILES string of the molecule is COc1ccc(S(=O)(=O)NCc2ccc(Oc3ccc(NS(=O)(=O)c4ccc(OC)cc4)c(C(=O)O)c3)cc2)cc1. The summed E-state index contributed by atoms with van der Waals surface area (Å²) in [5.74, 6) is 0.166. The number of methoxy groups -OCH3 is 2. The van der Waals surface area contributed by atoms with Gasteiger partial charge in [-0.2, -0.15) is 0 Å². The molecule has 0 unspecified atom stereocenters. The van der Waals surface area contributed by atoms with Crippen LogP contribution in [-0.2, 0) is 26.6 Å². The van der Waals surface area contributed by atoms with Gasteiger partial charge in [0, 0.05) is 6.54 Å². The lowest BCUT2D eigenvalue weighted by atomic mass is 10.1. The van der Waals surface area contributed by atoms with E-state index in [9.17, 15) is 26.7 Å². The zero-order chi connectivity index (χ0) is 29.6. The summed E-state index contributed by atoms with van der Waals surface area (Å²) >= 11 is 0. The first-order chi connectivity index (χ1) is 19.5. The van der Waals surface area contributed by atoms with E-state index in [2.05, 4.69) is 9.44 Å². The number of hydrogen-bond donors (Lipinski definition) is 3. The third-order valence-corrected chi connectivity index (χ3v) is 8.63. The van der Waals surface area contributed by atoms with Crippen LogP contribution in [0, 0.1) is 0 Å². The monoisotopic (exact) mass is 598 g/mol. The molecule has 3 N–H and O–H groups in total. The molecule has 214 valence electrons. The number of carboxylic acids is 1. The van der Waals surface area contributed by atoms with E-state index < -0.39 is 26.0 Å². The van der Waals surface area contributed by atoms with E-state index >= 15 is 0 Å². The molecule has 4 aromatic carbocycles. The molecular formula is C28H26N2O9S2. The first kappa shape index (κ1) is 29.4. The molecular weight excluding hydrogens is 572 g/mol. The maximum absolute atomic E-state index is 12.8. The molecule has 0 aliphatic carbocycles. The molecule has 0 bridgehead atoms. The number of nitrogens with one attached hydrogen (secondary N) is 2. The highest BCUT2D eigenvalue weighted by molar-refractivity contribution is 7.92. The molecule has 4 rings (SSSR count). The quantitative estimate of drug-likeness (QED) is 0.214. The number of hydrogen-bond acceptors (Lipinski definition) is 8. The molecule has 0 aliphatic rings. The van der Waals surface area contributed by atoms with Crippen molar-refractivity contribution in [2.75, 3.05) is 18.9 Å². The van der Waals surface area contributed by atoms with Crippen LogP contribution in [0.2, 0.25) is 0 Å². The summed E-state index contributed by atoms with van der Waals surface area (Å²) in [6.07, 6.45) is 0. The lowest BCUT2D eigenvalue weighted by molar-refractivity contribution is 0.0697. The minimum Gasteiger partial charge on any atom is -0.497 e. The lowest BCUT2D eigenvalue weighted by Gasteiger charge is -2.13. The van der Waals surface area contributed by atoms with Crippen LogP contribution < -0.4 is 23.7 Å². The molecule has 4 aromatic rings. The second-order valence-electron chi connectivity index (χ2n) is 8.54. The van der Waals surface area contributed by atoms with Crippen LogP contribution in [0.15, 0.2) is 101 Å². The van der Waals surface area contributed by atoms with Gasteiger partial charge in [0.15, 0.2) is 0 Å². The van der Waals surface area contributed by atoms with Crippen LogP contribution in [0.25, 0.3) is 0 Å². The molecule has 0 fully saturated rings. The molecule has 0 spiro atoms. The summed E-state index contributed by atoms with van der Waals surface area (Å²) in [6.45, 7) is 0.0286. The zero-order valence-corrected chi connectivity index (χ0v) is 23.5. The Bertz CT molecular complexity index is 1740. The van der Waals surface area contributed by atoms with Crippen molar-refractivity contribution in [3.63, 3.8) is 0 Å². The average molecular weight is 599 g/mol. The minimum atomic E-state index is -4.07. The molecule has 41 heavy (non-hydrogen) atoms. The first-order valence-electron chi connectivity index (χ1n) is 12.0. The summed E-state index contributed by atoms with van der Waals surface area (Å²) in [4.78, 5) is 11.9. The van der Waals surface area contributed by atoms with E-state index in [1.807, 2.05) is 0 Å². The van der Waals surface area contributed by atoms with Gasteiger partial charge < -0.3 is 19.3 Å². The molecule has 11 nitrogen and oxygen atoms in total. The second-order valence-corrected chi connectivity index (χ2v) is 12.0. The van der Waals surface area contributed by atoms with Crippen molar-refractivity contribution in [3.8, 4) is 23.0 Å². The Morgan fingerprint density at radius 2 is 1.17 bits per heavy atom. The van der Waals surface area contributed by atoms with E-state index in [1.54, 1.807) is 36.4 Å². The maximum Gasteiger partial charge on any atom is 0.337 e. The molecule has 0 radical (unpaired) electrons. The van der Waals surface area contributed by atoms with Crippen molar-refractivity contribution in [3.05, 3.63) is 102 Å². The smallest absolute Gasteiger partial charge is 0.337 e. The predicted octanol–water partition coefficient (Wildman–Crippen LogP) is 4.47. The molecule has 0 saturated carbocycles. The van der Waals surface area contributed by atoms with Gasteiger partial charge in [-0.3, -0.25) is 4.72 Å². The van der Waals surface area contributed by atoms with Crippen LogP contribution in [-0.4, -0.2) is 42.1 Å². The lowest BCUT2D eigenvalue weighted by Crippen LogP contribution is -2.23. The normalized spacial score (nSPS) is 11.5. The Morgan fingerprint density at radius 3 is 1.68 bits per heavy atom. The van der Waals surface area contributed by atoms with Gasteiger partial charge in [-0.15, -0.1) is 0 Å². The minimum absolute atomic E-state index is 0.0286. The number of carbonyl (C=O) groups is 1. The topological polar surface area (TPSA) is 157 Å². The Labute approximate surface area is 237 Å². The van der Waals surface area contributed by atoms with Gasteiger partial charge in [0.05, 0.1) is 35.3 Å². The Kier molecular flexibility index (Phi) is 8.81. The highest BCUT2D eigenvalue weighted by Gasteiger charge is 2.20. The third kappa shape index (κ3) is 7.33. The Hall–Kier alpha value is -4.59. The number of rotatable bonds is 12. The van der Waals surface area contributed by atoms with Crippen molar-refractivity contribution in [1.29, 1.82) is 0 Å². The Morgan fingerprint density at radius 1 is 0.683 bits per heavy atom. The molecule has 0 saturated heterocycles. The van der Waals surface area contributed by atoms with E-state index in [0.29, 0.717) is 22.8 Å². The van der Waals surface area contributed by atoms with Gasteiger partial charge in [-0.1, -0.05) is 12.1 Å². The van der Waals surface area contributed by atoms with Crippen molar-refractivity contribution in [1.82, 2.24) is 4.72 Å².